The number of nitrogens with zero attached hydrogens (tertiary/aromatic N) is 1. The van der Waals surface area contributed by atoms with Crippen LogP contribution in [-0.2, 0) is 0 Å². The first-order valence-electron chi connectivity index (χ1n) is 8.61. The van der Waals surface area contributed by atoms with Crippen molar-refractivity contribution in [2.45, 2.75) is 49.4 Å². The van der Waals surface area contributed by atoms with Gasteiger partial charge in [0.15, 0.2) is 5.96 Å². The van der Waals surface area contributed by atoms with Crippen LogP contribution < -0.4 is 10.6 Å². The molecule has 4 nitrogen and oxygen atoms in total. The van der Waals surface area contributed by atoms with Gasteiger partial charge < -0.3 is 15.7 Å². The Labute approximate surface area is 167 Å². The fraction of sp³-hybridized carbons (Fsp3) is 0.611. The molecule has 0 aliphatic heterocycles. The van der Waals surface area contributed by atoms with E-state index in [2.05, 4.69) is 53.7 Å². The maximum absolute atomic E-state index is 9.91. The van der Waals surface area contributed by atoms with E-state index in [1.165, 1.54) is 4.90 Å². The van der Waals surface area contributed by atoms with E-state index in [0.717, 1.165) is 44.9 Å². The highest BCUT2D eigenvalue weighted by Gasteiger charge is 2.24. The molecule has 3 atom stereocenters. The highest BCUT2D eigenvalue weighted by molar-refractivity contribution is 14.0. The average Bonchev–Trinajstić information content (AvgIpc) is 2.96. The van der Waals surface area contributed by atoms with Crippen LogP contribution in [0.15, 0.2) is 40.2 Å². The SMILES string of the molecule is CCNC(=NCC(C)Sc1ccccc1)NCC1CCCC1O.I. The number of aliphatic hydroxyl groups is 1. The summed E-state index contributed by atoms with van der Waals surface area (Å²) in [5, 5.41) is 17.0. The summed E-state index contributed by atoms with van der Waals surface area (Å²) in [4.78, 5) is 5.97. The van der Waals surface area contributed by atoms with Gasteiger partial charge in [-0.1, -0.05) is 31.5 Å². The molecule has 3 unspecified atom stereocenters. The van der Waals surface area contributed by atoms with Crippen LogP contribution in [0.5, 0.6) is 0 Å². The first-order valence-corrected chi connectivity index (χ1v) is 9.49. The van der Waals surface area contributed by atoms with Crippen LogP contribution in [0.2, 0.25) is 0 Å². The van der Waals surface area contributed by atoms with Gasteiger partial charge in [0.2, 0.25) is 0 Å². The first-order chi connectivity index (χ1) is 11.2. The van der Waals surface area contributed by atoms with Crippen molar-refractivity contribution in [3.8, 4) is 0 Å². The number of halogens is 1. The molecule has 0 saturated heterocycles. The third-order valence-corrected chi connectivity index (χ3v) is 5.18. The minimum Gasteiger partial charge on any atom is -0.393 e. The van der Waals surface area contributed by atoms with Crippen LogP contribution in [0.3, 0.4) is 0 Å². The molecular formula is C18H30IN3OS. The van der Waals surface area contributed by atoms with E-state index >= 15 is 0 Å². The molecule has 0 radical (unpaired) electrons. The molecule has 0 heterocycles. The maximum Gasteiger partial charge on any atom is 0.191 e. The van der Waals surface area contributed by atoms with Crippen molar-refractivity contribution in [1.82, 2.24) is 10.6 Å². The molecule has 6 heteroatoms. The Morgan fingerprint density at radius 3 is 2.67 bits per heavy atom. The molecule has 0 spiro atoms. The smallest absolute Gasteiger partial charge is 0.191 e. The maximum atomic E-state index is 9.91. The average molecular weight is 463 g/mol. The monoisotopic (exact) mass is 463 g/mol. The van der Waals surface area contributed by atoms with Gasteiger partial charge in [0, 0.05) is 29.2 Å². The lowest BCUT2D eigenvalue weighted by Crippen LogP contribution is -2.41. The Bertz CT molecular complexity index is 486. The summed E-state index contributed by atoms with van der Waals surface area (Å²) >= 11 is 1.84. The number of nitrogens with one attached hydrogen (secondary N) is 2. The van der Waals surface area contributed by atoms with E-state index in [1.807, 2.05) is 17.8 Å². The molecule has 0 aromatic heterocycles. The number of hydrogen-bond acceptors (Lipinski definition) is 3. The third-order valence-electron chi connectivity index (χ3n) is 4.08. The van der Waals surface area contributed by atoms with Gasteiger partial charge in [-0.15, -0.1) is 35.7 Å². The quantitative estimate of drug-likeness (QED) is 0.251. The molecule has 1 aromatic carbocycles. The number of hydrogen-bond donors (Lipinski definition) is 3. The van der Waals surface area contributed by atoms with Gasteiger partial charge in [-0.3, -0.25) is 4.99 Å². The van der Waals surface area contributed by atoms with Gasteiger partial charge in [-0.2, -0.15) is 0 Å². The Balaban J connectivity index is 0.00000288. The Morgan fingerprint density at radius 2 is 2.04 bits per heavy atom. The molecule has 3 N–H and O–H groups in total. The van der Waals surface area contributed by atoms with Gasteiger partial charge in [-0.25, -0.2) is 0 Å². The van der Waals surface area contributed by atoms with Crippen molar-refractivity contribution in [2.24, 2.45) is 10.9 Å². The molecule has 1 saturated carbocycles. The summed E-state index contributed by atoms with van der Waals surface area (Å²) in [7, 11) is 0. The summed E-state index contributed by atoms with van der Waals surface area (Å²) in [6, 6.07) is 10.4. The minimum atomic E-state index is -0.155. The molecule has 1 aliphatic rings. The van der Waals surface area contributed by atoms with Gasteiger partial charge in [0.25, 0.3) is 0 Å². The van der Waals surface area contributed by atoms with E-state index in [1.54, 1.807) is 0 Å². The Morgan fingerprint density at radius 1 is 1.29 bits per heavy atom. The second-order valence-corrected chi connectivity index (χ2v) is 7.61. The van der Waals surface area contributed by atoms with Crippen molar-refractivity contribution in [3.05, 3.63) is 30.3 Å². The van der Waals surface area contributed by atoms with Crippen LogP contribution in [0, 0.1) is 5.92 Å². The zero-order valence-corrected chi connectivity index (χ0v) is 17.7. The van der Waals surface area contributed by atoms with Gasteiger partial charge >= 0.3 is 0 Å². The van der Waals surface area contributed by atoms with E-state index < -0.39 is 0 Å². The predicted molar refractivity (Wildman–Crippen MR) is 115 cm³/mol. The Hall–Kier alpha value is -0.470. The summed E-state index contributed by atoms with van der Waals surface area (Å²) in [6.07, 6.45) is 3.02. The van der Waals surface area contributed by atoms with Crippen molar-refractivity contribution in [3.63, 3.8) is 0 Å². The fourth-order valence-corrected chi connectivity index (χ4v) is 3.74. The zero-order chi connectivity index (χ0) is 16.5. The molecule has 0 bridgehead atoms. The van der Waals surface area contributed by atoms with Gasteiger partial charge in [-0.05, 0) is 31.9 Å². The second-order valence-electron chi connectivity index (χ2n) is 6.10. The lowest BCUT2D eigenvalue weighted by Gasteiger charge is -2.18. The van der Waals surface area contributed by atoms with E-state index in [-0.39, 0.29) is 30.1 Å². The molecule has 1 aliphatic carbocycles. The standard InChI is InChI=1S/C18H29N3OS.HI/c1-3-19-18(21-13-15-8-7-11-17(15)22)20-12-14(2)23-16-9-5-4-6-10-16;/h4-6,9-10,14-15,17,22H,3,7-8,11-13H2,1-2H3,(H2,19,20,21);1H. The zero-order valence-electron chi connectivity index (χ0n) is 14.6. The highest BCUT2D eigenvalue weighted by Crippen LogP contribution is 2.24. The first kappa shape index (κ1) is 21.6. The molecule has 1 fully saturated rings. The third kappa shape index (κ3) is 7.61. The van der Waals surface area contributed by atoms with Crippen molar-refractivity contribution in [1.29, 1.82) is 0 Å². The minimum absolute atomic E-state index is 0. The predicted octanol–water partition coefficient (Wildman–Crippen LogP) is 3.50. The summed E-state index contributed by atoms with van der Waals surface area (Å²) in [5.41, 5.74) is 0. The van der Waals surface area contributed by atoms with Crippen molar-refractivity contribution < 1.29 is 5.11 Å². The highest BCUT2D eigenvalue weighted by atomic mass is 127. The lowest BCUT2D eigenvalue weighted by atomic mass is 10.1. The van der Waals surface area contributed by atoms with Crippen LogP contribution in [0.25, 0.3) is 0 Å². The number of aliphatic hydroxyl groups excluding tert-OH is 1. The number of benzene rings is 1. The van der Waals surface area contributed by atoms with Crippen molar-refractivity contribution >= 4 is 41.7 Å². The number of aliphatic imine (C=N–C) groups is 1. The molecule has 0 amide bonds. The summed E-state index contributed by atoms with van der Waals surface area (Å²) in [5.74, 6) is 1.21. The van der Waals surface area contributed by atoms with Crippen LogP contribution >= 0.6 is 35.7 Å². The van der Waals surface area contributed by atoms with Crippen molar-refractivity contribution in [2.75, 3.05) is 19.6 Å². The van der Waals surface area contributed by atoms with Gasteiger partial charge in [0.05, 0.1) is 12.6 Å². The lowest BCUT2D eigenvalue weighted by molar-refractivity contribution is 0.134. The van der Waals surface area contributed by atoms with E-state index in [4.69, 9.17) is 0 Å². The Kier molecular flexibility index (Phi) is 10.8. The molecule has 2 rings (SSSR count). The normalized spacial score (nSPS) is 21.9. The summed E-state index contributed by atoms with van der Waals surface area (Å²) in [6.45, 7) is 6.68. The molecule has 24 heavy (non-hydrogen) atoms. The van der Waals surface area contributed by atoms with E-state index in [9.17, 15) is 5.11 Å². The van der Waals surface area contributed by atoms with E-state index in [0.29, 0.717) is 11.2 Å². The number of guanidine groups is 1. The summed E-state index contributed by atoms with van der Waals surface area (Å²) < 4.78 is 0. The topological polar surface area (TPSA) is 56.7 Å². The van der Waals surface area contributed by atoms with Gasteiger partial charge in [0.1, 0.15) is 0 Å². The van der Waals surface area contributed by atoms with Crippen LogP contribution in [-0.4, -0.2) is 42.1 Å². The number of rotatable bonds is 7. The molecule has 1 aromatic rings. The largest absolute Gasteiger partial charge is 0.393 e. The molecular weight excluding hydrogens is 433 g/mol. The van der Waals surface area contributed by atoms with Crippen LogP contribution in [0.1, 0.15) is 33.1 Å². The van der Waals surface area contributed by atoms with Crippen LogP contribution in [0.4, 0.5) is 0 Å². The fourth-order valence-electron chi connectivity index (χ4n) is 2.81. The second kappa shape index (κ2) is 12.0. The molecule has 136 valence electrons. The number of thioether (sulfide) groups is 1.